The third-order valence-corrected chi connectivity index (χ3v) is 4.85. The van der Waals surface area contributed by atoms with E-state index >= 15 is 0 Å². The molecule has 19 heavy (non-hydrogen) atoms. The molecule has 3 nitrogen and oxygen atoms in total. The highest BCUT2D eigenvalue weighted by molar-refractivity contribution is 9.10. The quantitative estimate of drug-likeness (QED) is 0.833. The number of rotatable bonds is 5. The summed E-state index contributed by atoms with van der Waals surface area (Å²) in [6.07, 6.45) is -5.98. The lowest BCUT2D eigenvalue weighted by Gasteiger charge is -2.11. The van der Waals surface area contributed by atoms with Crippen LogP contribution in [0, 0.1) is 0 Å². The maximum absolute atomic E-state index is 11.9. The Kier molecular flexibility index (Phi) is 5.52. The second-order valence-electron chi connectivity index (χ2n) is 3.74. The summed E-state index contributed by atoms with van der Waals surface area (Å²) in [5.41, 5.74) is 0.194. The van der Waals surface area contributed by atoms with Crippen molar-refractivity contribution in [2.24, 2.45) is 0 Å². The van der Waals surface area contributed by atoms with E-state index in [-0.39, 0.29) is 5.69 Å². The third-order valence-electron chi connectivity index (χ3n) is 2.09. The molecule has 0 aliphatic heterocycles. The molecule has 1 aromatic carbocycles. The zero-order chi connectivity index (χ0) is 14.7. The highest BCUT2D eigenvalue weighted by Gasteiger charge is 2.27. The van der Waals surface area contributed by atoms with Crippen LogP contribution in [0.1, 0.15) is 12.8 Å². The molecule has 0 aromatic heterocycles. The van der Waals surface area contributed by atoms with Gasteiger partial charge in [0.25, 0.3) is 0 Å². The molecule has 0 unspecified atom stereocenters. The fourth-order valence-electron chi connectivity index (χ4n) is 1.26. The van der Waals surface area contributed by atoms with Crippen molar-refractivity contribution in [3.8, 4) is 0 Å². The van der Waals surface area contributed by atoms with Crippen LogP contribution in [0.4, 0.5) is 18.9 Å². The van der Waals surface area contributed by atoms with Gasteiger partial charge in [0.15, 0.2) is 0 Å². The van der Waals surface area contributed by atoms with Gasteiger partial charge in [0.05, 0.1) is 20.9 Å². The van der Waals surface area contributed by atoms with E-state index in [4.69, 9.17) is 11.6 Å². The largest absolute Gasteiger partial charge is 0.389 e. The molecular weight excluding hydrogens is 371 g/mol. The molecule has 0 heterocycles. The van der Waals surface area contributed by atoms with Gasteiger partial charge in [-0.1, -0.05) is 17.7 Å². The lowest BCUT2D eigenvalue weighted by Crippen LogP contribution is -2.19. The molecule has 1 N–H and O–H groups in total. The molecule has 0 aliphatic carbocycles. The summed E-state index contributed by atoms with van der Waals surface area (Å²) in [6.45, 7) is 0. The van der Waals surface area contributed by atoms with Crippen LogP contribution in [0.15, 0.2) is 22.7 Å². The van der Waals surface area contributed by atoms with E-state index in [9.17, 15) is 21.6 Å². The monoisotopic (exact) mass is 379 g/mol. The number of nitrogens with one attached hydrogen (secondary N) is 1. The van der Waals surface area contributed by atoms with Crippen molar-refractivity contribution in [3.05, 3.63) is 27.7 Å². The lowest BCUT2D eigenvalue weighted by molar-refractivity contribution is -0.134. The van der Waals surface area contributed by atoms with Crippen molar-refractivity contribution in [3.63, 3.8) is 0 Å². The van der Waals surface area contributed by atoms with Crippen molar-refractivity contribution in [2.45, 2.75) is 19.0 Å². The first-order valence-corrected chi connectivity index (χ1v) is 7.94. The van der Waals surface area contributed by atoms with Gasteiger partial charge in [0.1, 0.15) is 0 Å². The molecule has 1 aromatic rings. The van der Waals surface area contributed by atoms with E-state index in [1.165, 1.54) is 12.1 Å². The van der Waals surface area contributed by atoms with Crippen molar-refractivity contribution in [1.82, 2.24) is 0 Å². The molecule has 0 aliphatic rings. The van der Waals surface area contributed by atoms with Gasteiger partial charge in [-0.2, -0.15) is 13.2 Å². The van der Waals surface area contributed by atoms with Crippen LogP contribution in [0.25, 0.3) is 0 Å². The minimum atomic E-state index is -4.36. The van der Waals surface area contributed by atoms with E-state index in [0.29, 0.717) is 9.50 Å². The molecule has 0 amide bonds. The predicted octanol–water partition coefficient (Wildman–Crippen LogP) is 4.19. The summed E-state index contributed by atoms with van der Waals surface area (Å²) in [6, 6.07) is 4.53. The molecule has 0 radical (unpaired) electrons. The van der Waals surface area contributed by atoms with E-state index in [0.717, 1.165) is 0 Å². The first-order chi connectivity index (χ1) is 8.61. The van der Waals surface area contributed by atoms with Gasteiger partial charge in [0.2, 0.25) is 10.0 Å². The molecule has 0 saturated heterocycles. The Morgan fingerprint density at radius 2 is 1.95 bits per heavy atom. The van der Waals surface area contributed by atoms with Crippen LogP contribution in [0.2, 0.25) is 5.02 Å². The van der Waals surface area contributed by atoms with E-state index in [1.807, 2.05) is 0 Å². The van der Waals surface area contributed by atoms with Crippen molar-refractivity contribution >= 4 is 43.2 Å². The van der Waals surface area contributed by atoms with E-state index < -0.39 is 34.8 Å². The number of alkyl halides is 3. The molecule has 0 saturated carbocycles. The van der Waals surface area contributed by atoms with Crippen LogP contribution in [-0.2, 0) is 10.0 Å². The number of sulfonamides is 1. The fraction of sp³-hybridized carbons (Fsp3) is 0.400. The summed E-state index contributed by atoms with van der Waals surface area (Å²) >= 11 is 8.87. The Hall–Kier alpha value is -0.470. The number of hydrogen-bond donors (Lipinski definition) is 1. The summed E-state index contributed by atoms with van der Waals surface area (Å²) < 4.78 is 61.5. The maximum Gasteiger partial charge on any atom is 0.389 e. The smallest absolute Gasteiger partial charge is 0.282 e. The topological polar surface area (TPSA) is 46.2 Å². The van der Waals surface area contributed by atoms with Crippen molar-refractivity contribution < 1.29 is 21.6 Å². The molecule has 0 fully saturated rings. The Morgan fingerprint density at radius 1 is 1.32 bits per heavy atom. The normalized spacial score (nSPS) is 12.5. The van der Waals surface area contributed by atoms with Crippen LogP contribution in [-0.4, -0.2) is 20.3 Å². The Balaban J connectivity index is 2.67. The van der Waals surface area contributed by atoms with Gasteiger partial charge in [0, 0.05) is 6.42 Å². The standard InChI is InChI=1S/C10H10BrClF3NO2S/c11-9-7(12)3-1-4-8(9)16-19(17,18)6-2-5-10(13,14)15/h1,3-4,16H,2,5-6H2. The van der Waals surface area contributed by atoms with E-state index in [2.05, 4.69) is 20.7 Å². The summed E-state index contributed by atoms with van der Waals surface area (Å²) in [7, 11) is -3.83. The number of hydrogen-bond acceptors (Lipinski definition) is 2. The zero-order valence-electron chi connectivity index (χ0n) is 9.47. The van der Waals surface area contributed by atoms with Gasteiger partial charge in [-0.3, -0.25) is 4.72 Å². The molecule has 0 atom stereocenters. The average molecular weight is 381 g/mol. The first kappa shape index (κ1) is 16.6. The SMILES string of the molecule is O=S(=O)(CCCC(F)(F)F)Nc1cccc(Cl)c1Br. The number of anilines is 1. The maximum atomic E-state index is 11.9. The predicted molar refractivity (Wildman–Crippen MR) is 71.9 cm³/mol. The Labute approximate surface area is 122 Å². The lowest BCUT2D eigenvalue weighted by atomic mass is 10.3. The molecule has 0 spiro atoms. The van der Waals surface area contributed by atoms with Crippen molar-refractivity contribution in [1.29, 1.82) is 0 Å². The summed E-state index contributed by atoms with van der Waals surface area (Å²) in [5.74, 6) is -0.606. The van der Waals surface area contributed by atoms with Crippen molar-refractivity contribution in [2.75, 3.05) is 10.5 Å². The molecule has 1 rings (SSSR count). The van der Waals surface area contributed by atoms with Gasteiger partial charge >= 0.3 is 6.18 Å². The van der Waals surface area contributed by atoms with Crippen LogP contribution in [0.5, 0.6) is 0 Å². The van der Waals surface area contributed by atoms with Crippen LogP contribution < -0.4 is 4.72 Å². The fourth-order valence-corrected chi connectivity index (χ4v) is 3.06. The van der Waals surface area contributed by atoms with Gasteiger partial charge in [-0.05, 0) is 34.5 Å². The first-order valence-electron chi connectivity index (χ1n) is 5.12. The highest BCUT2D eigenvalue weighted by atomic mass is 79.9. The number of halogens is 5. The molecule has 0 bridgehead atoms. The minimum absolute atomic E-state index is 0.194. The average Bonchev–Trinajstić information content (AvgIpc) is 2.22. The Morgan fingerprint density at radius 3 is 2.53 bits per heavy atom. The molecule has 9 heteroatoms. The Bertz CT molecular complexity index is 548. The molecule has 108 valence electrons. The highest BCUT2D eigenvalue weighted by Crippen LogP contribution is 2.31. The number of benzene rings is 1. The third kappa shape index (κ3) is 6.01. The van der Waals surface area contributed by atoms with E-state index in [1.54, 1.807) is 6.07 Å². The second-order valence-corrected chi connectivity index (χ2v) is 6.78. The second kappa shape index (κ2) is 6.32. The van der Waals surface area contributed by atoms with Gasteiger partial charge in [-0.25, -0.2) is 8.42 Å². The van der Waals surface area contributed by atoms with Gasteiger partial charge in [-0.15, -0.1) is 0 Å². The molecular formula is C10H10BrClF3NO2S. The summed E-state index contributed by atoms with van der Waals surface area (Å²) in [4.78, 5) is 0. The van der Waals surface area contributed by atoms with Crippen LogP contribution >= 0.6 is 27.5 Å². The minimum Gasteiger partial charge on any atom is -0.282 e. The van der Waals surface area contributed by atoms with Gasteiger partial charge < -0.3 is 0 Å². The van der Waals surface area contributed by atoms with Crippen LogP contribution in [0.3, 0.4) is 0 Å². The summed E-state index contributed by atoms with van der Waals surface area (Å²) in [5, 5.41) is 0.301. The zero-order valence-corrected chi connectivity index (χ0v) is 12.6.